The van der Waals surface area contributed by atoms with Crippen molar-refractivity contribution in [2.75, 3.05) is 0 Å². The molecule has 0 saturated heterocycles. The number of aromatic nitrogens is 1. The fourth-order valence-electron chi connectivity index (χ4n) is 1.59. The molecule has 1 heterocycles. The summed E-state index contributed by atoms with van der Waals surface area (Å²) in [4.78, 5) is 14.7. The van der Waals surface area contributed by atoms with Gasteiger partial charge in [0.25, 0.3) is 0 Å². The topological polar surface area (TPSA) is 30.0 Å². The van der Waals surface area contributed by atoms with Gasteiger partial charge in [0.15, 0.2) is 6.29 Å². The second-order valence-electron chi connectivity index (χ2n) is 3.54. The molecule has 3 heteroatoms. The molecule has 0 radical (unpaired) electrons. The Balaban J connectivity index is 2.58. The minimum absolute atomic E-state index is 0.567. The van der Waals surface area contributed by atoms with Gasteiger partial charge in [-0.05, 0) is 30.2 Å². The Hall–Kier alpha value is -1.67. The van der Waals surface area contributed by atoms with Crippen molar-refractivity contribution in [3.63, 3.8) is 0 Å². The third-order valence-electron chi connectivity index (χ3n) is 2.47. The lowest BCUT2D eigenvalue weighted by molar-refractivity contribution is 0.112. The number of rotatable bonds is 2. The van der Waals surface area contributed by atoms with Crippen LogP contribution in [0.25, 0.3) is 11.1 Å². The van der Waals surface area contributed by atoms with Crippen molar-refractivity contribution in [2.24, 2.45) is 0 Å². The summed E-state index contributed by atoms with van der Waals surface area (Å²) >= 11 is 6.05. The molecule has 0 atom stereocenters. The maximum Gasteiger partial charge on any atom is 0.151 e. The van der Waals surface area contributed by atoms with Gasteiger partial charge in [-0.2, -0.15) is 0 Å². The van der Waals surface area contributed by atoms with Gasteiger partial charge in [0.2, 0.25) is 0 Å². The van der Waals surface area contributed by atoms with Gasteiger partial charge >= 0.3 is 0 Å². The number of hydrogen-bond acceptors (Lipinski definition) is 2. The van der Waals surface area contributed by atoms with E-state index >= 15 is 0 Å². The van der Waals surface area contributed by atoms with E-state index in [2.05, 4.69) is 4.98 Å². The largest absolute Gasteiger partial charge is 0.298 e. The first-order valence-electron chi connectivity index (χ1n) is 4.88. The fourth-order valence-corrected chi connectivity index (χ4v) is 1.76. The Morgan fingerprint density at radius 1 is 1.31 bits per heavy atom. The van der Waals surface area contributed by atoms with Gasteiger partial charge < -0.3 is 0 Å². The van der Waals surface area contributed by atoms with Crippen LogP contribution in [0.2, 0.25) is 5.02 Å². The second kappa shape index (κ2) is 4.45. The third-order valence-corrected chi connectivity index (χ3v) is 2.88. The lowest BCUT2D eigenvalue weighted by atomic mass is 10.0. The van der Waals surface area contributed by atoms with Crippen LogP contribution in [-0.4, -0.2) is 11.3 Å². The van der Waals surface area contributed by atoms with E-state index in [1.54, 1.807) is 12.3 Å². The Bertz CT molecular complexity index is 537. The molecular formula is C13H10ClNO. The predicted molar refractivity (Wildman–Crippen MR) is 64.8 cm³/mol. The molecular weight excluding hydrogens is 222 g/mol. The smallest absolute Gasteiger partial charge is 0.151 e. The molecule has 16 heavy (non-hydrogen) atoms. The normalized spacial score (nSPS) is 10.1. The van der Waals surface area contributed by atoms with Crippen LogP contribution in [0.15, 0.2) is 36.7 Å². The molecule has 0 amide bonds. The molecule has 0 bridgehead atoms. The molecule has 0 N–H and O–H groups in total. The molecule has 0 fully saturated rings. The molecule has 2 nitrogen and oxygen atoms in total. The third kappa shape index (κ3) is 1.97. The van der Waals surface area contributed by atoms with Gasteiger partial charge in [0.05, 0.1) is 0 Å². The van der Waals surface area contributed by atoms with Crippen molar-refractivity contribution in [2.45, 2.75) is 6.92 Å². The molecule has 2 rings (SSSR count). The highest BCUT2D eigenvalue weighted by Gasteiger charge is 2.05. The molecule has 0 spiro atoms. The molecule has 0 aliphatic rings. The van der Waals surface area contributed by atoms with Crippen LogP contribution in [0.5, 0.6) is 0 Å². The molecule has 0 unspecified atom stereocenters. The quantitative estimate of drug-likeness (QED) is 0.741. The van der Waals surface area contributed by atoms with Crippen LogP contribution in [0, 0.1) is 6.92 Å². The van der Waals surface area contributed by atoms with E-state index in [-0.39, 0.29) is 0 Å². The molecule has 2 aromatic rings. The minimum atomic E-state index is 0.567. The number of pyridine rings is 1. The maximum atomic E-state index is 10.7. The van der Waals surface area contributed by atoms with E-state index in [4.69, 9.17) is 11.6 Å². The van der Waals surface area contributed by atoms with Crippen LogP contribution >= 0.6 is 11.6 Å². The average molecular weight is 232 g/mol. The first-order chi connectivity index (χ1) is 7.72. The SMILES string of the molecule is Cc1c(Cl)cccc1-c1cncc(C=O)c1. The zero-order chi connectivity index (χ0) is 11.5. The molecule has 1 aromatic carbocycles. The summed E-state index contributed by atoms with van der Waals surface area (Å²) in [5.74, 6) is 0. The van der Waals surface area contributed by atoms with E-state index in [0.717, 1.165) is 23.0 Å². The van der Waals surface area contributed by atoms with Crippen LogP contribution in [0.3, 0.4) is 0 Å². The van der Waals surface area contributed by atoms with E-state index in [1.807, 2.05) is 25.1 Å². The Kier molecular flexibility index (Phi) is 3.02. The van der Waals surface area contributed by atoms with Gasteiger partial charge in [0.1, 0.15) is 0 Å². The van der Waals surface area contributed by atoms with Crippen LogP contribution < -0.4 is 0 Å². The zero-order valence-corrected chi connectivity index (χ0v) is 9.53. The minimum Gasteiger partial charge on any atom is -0.298 e. The summed E-state index contributed by atoms with van der Waals surface area (Å²) in [6, 6.07) is 7.50. The summed E-state index contributed by atoms with van der Waals surface area (Å²) in [5, 5.41) is 0.717. The van der Waals surface area contributed by atoms with E-state index < -0.39 is 0 Å². The molecule has 0 aliphatic heterocycles. The lowest BCUT2D eigenvalue weighted by Gasteiger charge is -2.07. The number of carbonyl (C=O) groups excluding carboxylic acids is 1. The highest BCUT2D eigenvalue weighted by molar-refractivity contribution is 6.31. The van der Waals surface area contributed by atoms with Gasteiger partial charge in [0, 0.05) is 28.5 Å². The molecule has 0 aliphatic carbocycles. The monoisotopic (exact) mass is 231 g/mol. The number of carbonyl (C=O) groups is 1. The van der Waals surface area contributed by atoms with Crippen molar-refractivity contribution < 1.29 is 4.79 Å². The molecule has 80 valence electrons. The number of aldehydes is 1. The van der Waals surface area contributed by atoms with E-state index in [9.17, 15) is 4.79 Å². The fraction of sp³-hybridized carbons (Fsp3) is 0.0769. The number of halogens is 1. The van der Waals surface area contributed by atoms with Crippen molar-refractivity contribution in [3.05, 3.63) is 52.8 Å². The maximum absolute atomic E-state index is 10.7. The van der Waals surface area contributed by atoms with Gasteiger partial charge in [-0.3, -0.25) is 9.78 Å². The van der Waals surface area contributed by atoms with Crippen molar-refractivity contribution >= 4 is 17.9 Å². The van der Waals surface area contributed by atoms with Gasteiger partial charge in [-0.25, -0.2) is 0 Å². The van der Waals surface area contributed by atoms with E-state index in [1.165, 1.54) is 6.20 Å². The highest BCUT2D eigenvalue weighted by atomic mass is 35.5. The summed E-state index contributed by atoms with van der Waals surface area (Å²) in [5.41, 5.74) is 3.47. The summed E-state index contributed by atoms with van der Waals surface area (Å²) in [6.07, 6.45) is 4.05. The van der Waals surface area contributed by atoms with Crippen molar-refractivity contribution in [1.29, 1.82) is 0 Å². The Morgan fingerprint density at radius 2 is 2.12 bits per heavy atom. The van der Waals surface area contributed by atoms with Crippen LogP contribution in [-0.2, 0) is 0 Å². The first-order valence-corrected chi connectivity index (χ1v) is 5.26. The Labute approximate surface area is 98.9 Å². The predicted octanol–water partition coefficient (Wildman–Crippen LogP) is 3.52. The number of benzene rings is 1. The number of hydrogen-bond donors (Lipinski definition) is 0. The summed E-state index contributed by atoms with van der Waals surface area (Å²) < 4.78 is 0. The van der Waals surface area contributed by atoms with Crippen molar-refractivity contribution in [3.8, 4) is 11.1 Å². The summed E-state index contributed by atoms with van der Waals surface area (Å²) in [7, 11) is 0. The van der Waals surface area contributed by atoms with Gasteiger partial charge in [-0.1, -0.05) is 23.7 Å². The van der Waals surface area contributed by atoms with Crippen LogP contribution in [0.4, 0.5) is 0 Å². The summed E-state index contributed by atoms with van der Waals surface area (Å²) in [6.45, 7) is 1.95. The molecule has 1 aromatic heterocycles. The first kappa shape index (κ1) is 10.8. The van der Waals surface area contributed by atoms with Crippen molar-refractivity contribution in [1.82, 2.24) is 4.98 Å². The average Bonchev–Trinajstić information content (AvgIpc) is 2.33. The molecule has 0 saturated carbocycles. The van der Waals surface area contributed by atoms with Gasteiger partial charge in [-0.15, -0.1) is 0 Å². The highest BCUT2D eigenvalue weighted by Crippen LogP contribution is 2.27. The number of nitrogens with zero attached hydrogens (tertiary/aromatic N) is 1. The lowest BCUT2D eigenvalue weighted by Crippen LogP contribution is -1.88. The van der Waals surface area contributed by atoms with E-state index in [0.29, 0.717) is 10.6 Å². The Morgan fingerprint density at radius 3 is 2.88 bits per heavy atom. The van der Waals surface area contributed by atoms with Crippen LogP contribution in [0.1, 0.15) is 15.9 Å². The standard InChI is InChI=1S/C13H10ClNO/c1-9-12(3-2-4-13(9)14)11-5-10(8-16)6-15-7-11/h2-8H,1H3. The zero-order valence-electron chi connectivity index (χ0n) is 8.77. The second-order valence-corrected chi connectivity index (χ2v) is 3.94.